The first kappa shape index (κ1) is 13.3. The van der Waals surface area contributed by atoms with Gasteiger partial charge < -0.3 is 9.88 Å². The van der Waals surface area contributed by atoms with E-state index in [-0.39, 0.29) is 0 Å². The molecule has 3 nitrogen and oxygen atoms in total. The Morgan fingerprint density at radius 3 is 2.89 bits per heavy atom. The van der Waals surface area contributed by atoms with E-state index in [0.717, 1.165) is 13.1 Å². The molecule has 98 valence electrons. The molecule has 0 amide bonds. The molecule has 2 aromatic rings. The lowest BCUT2D eigenvalue weighted by Gasteiger charge is -2.20. The minimum atomic E-state index is 0.442. The molecule has 0 aliphatic rings. The highest BCUT2D eigenvalue weighted by atomic mass is 32.1. The van der Waals surface area contributed by atoms with Crippen LogP contribution in [0.1, 0.15) is 37.3 Å². The summed E-state index contributed by atoms with van der Waals surface area (Å²) in [7, 11) is 0. The van der Waals surface area contributed by atoms with Gasteiger partial charge in [-0.2, -0.15) is 0 Å². The molecule has 1 unspecified atom stereocenters. The Balaban J connectivity index is 2.08. The molecule has 2 aromatic heterocycles. The van der Waals surface area contributed by atoms with Crippen LogP contribution < -0.4 is 5.32 Å². The van der Waals surface area contributed by atoms with Gasteiger partial charge in [-0.15, -0.1) is 11.3 Å². The van der Waals surface area contributed by atoms with Crippen LogP contribution in [0.2, 0.25) is 0 Å². The van der Waals surface area contributed by atoms with Crippen LogP contribution in [0.5, 0.6) is 0 Å². The van der Waals surface area contributed by atoms with Crippen molar-refractivity contribution in [3.63, 3.8) is 0 Å². The van der Waals surface area contributed by atoms with Crippen molar-refractivity contribution in [2.24, 2.45) is 5.92 Å². The maximum Gasteiger partial charge on any atom is 0.0794 e. The van der Waals surface area contributed by atoms with Crippen molar-refractivity contribution in [1.82, 2.24) is 14.9 Å². The fourth-order valence-corrected chi connectivity index (χ4v) is 2.80. The van der Waals surface area contributed by atoms with Crippen molar-refractivity contribution in [3.05, 3.63) is 40.6 Å². The van der Waals surface area contributed by atoms with Gasteiger partial charge >= 0.3 is 0 Å². The molecule has 1 atom stereocenters. The van der Waals surface area contributed by atoms with Crippen LogP contribution in [-0.4, -0.2) is 16.1 Å². The van der Waals surface area contributed by atoms with E-state index in [4.69, 9.17) is 0 Å². The van der Waals surface area contributed by atoms with Gasteiger partial charge in [0.1, 0.15) is 0 Å². The van der Waals surface area contributed by atoms with Crippen molar-refractivity contribution >= 4 is 11.3 Å². The molecular formula is C14H21N3S. The molecular weight excluding hydrogens is 242 g/mol. The van der Waals surface area contributed by atoms with E-state index in [0.29, 0.717) is 12.0 Å². The van der Waals surface area contributed by atoms with Gasteiger partial charge in [0.25, 0.3) is 0 Å². The zero-order chi connectivity index (χ0) is 13.0. The van der Waals surface area contributed by atoms with E-state index < -0.39 is 0 Å². The second-order valence-electron chi connectivity index (χ2n) is 4.86. The summed E-state index contributed by atoms with van der Waals surface area (Å²) in [6.07, 6.45) is 6.34. The van der Waals surface area contributed by atoms with Gasteiger partial charge in [-0.25, -0.2) is 0 Å². The summed E-state index contributed by atoms with van der Waals surface area (Å²) < 4.78 is 2.23. The minimum absolute atomic E-state index is 0.442. The molecule has 0 fully saturated rings. The summed E-state index contributed by atoms with van der Waals surface area (Å²) in [5.74, 6) is 0.601. The smallest absolute Gasteiger partial charge is 0.0794 e. The lowest BCUT2D eigenvalue weighted by Crippen LogP contribution is -2.25. The van der Waals surface area contributed by atoms with E-state index in [1.807, 2.05) is 11.7 Å². The highest BCUT2D eigenvalue weighted by molar-refractivity contribution is 7.09. The molecule has 0 aliphatic carbocycles. The van der Waals surface area contributed by atoms with Crippen molar-refractivity contribution in [1.29, 1.82) is 0 Å². The first-order valence-corrected chi connectivity index (χ1v) is 7.35. The van der Waals surface area contributed by atoms with Crippen LogP contribution in [0.25, 0.3) is 0 Å². The van der Waals surface area contributed by atoms with Crippen LogP contribution in [-0.2, 0) is 6.54 Å². The van der Waals surface area contributed by atoms with Crippen LogP contribution in [0.15, 0.2) is 30.2 Å². The summed E-state index contributed by atoms with van der Waals surface area (Å²) in [6.45, 7) is 8.59. The van der Waals surface area contributed by atoms with Crippen LogP contribution in [0, 0.1) is 5.92 Å². The number of hydrogen-bond acceptors (Lipinski definition) is 3. The molecule has 0 radical (unpaired) electrons. The maximum absolute atomic E-state index is 4.11. The summed E-state index contributed by atoms with van der Waals surface area (Å²) in [4.78, 5) is 5.40. The zero-order valence-electron chi connectivity index (χ0n) is 11.3. The second-order valence-corrected chi connectivity index (χ2v) is 5.84. The topological polar surface area (TPSA) is 29.9 Å². The van der Waals surface area contributed by atoms with Crippen molar-refractivity contribution in [2.75, 3.05) is 6.54 Å². The monoisotopic (exact) mass is 263 g/mol. The number of nitrogens with zero attached hydrogens (tertiary/aromatic N) is 2. The Morgan fingerprint density at radius 2 is 2.28 bits per heavy atom. The van der Waals surface area contributed by atoms with Crippen LogP contribution >= 0.6 is 11.3 Å². The molecule has 2 heterocycles. The summed E-state index contributed by atoms with van der Waals surface area (Å²) in [5, 5.41) is 3.55. The third kappa shape index (κ3) is 3.21. The normalized spacial score (nSPS) is 13.1. The Morgan fingerprint density at radius 1 is 1.44 bits per heavy atom. The highest BCUT2D eigenvalue weighted by Crippen LogP contribution is 2.22. The van der Waals surface area contributed by atoms with Crippen molar-refractivity contribution in [3.8, 4) is 0 Å². The quantitative estimate of drug-likeness (QED) is 0.866. The standard InChI is InChI=1S/C14H21N3S/c1-4-16-14(11(2)3)12-5-6-17(8-12)9-13-7-15-10-18-13/h5-8,10-11,14,16H,4,9H2,1-3H3. The van der Waals surface area contributed by atoms with Gasteiger partial charge in [-0.3, -0.25) is 4.98 Å². The van der Waals surface area contributed by atoms with Gasteiger partial charge in [-0.1, -0.05) is 20.8 Å². The minimum Gasteiger partial charge on any atom is -0.349 e. The van der Waals surface area contributed by atoms with E-state index >= 15 is 0 Å². The lowest BCUT2D eigenvalue weighted by molar-refractivity contribution is 0.421. The fourth-order valence-electron chi connectivity index (χ4n) is 2.20. The first-order chi connectivity index (χ1) is 8.70. The van der Waals surface area contributed by atoms with Gasteiger partial charge in [0, 0.05) is 29.5 Å². The van der Waals surface area contributed by atoms with E-state index in [1.54, 1.807) is 11.3 Å². The molecule has 4 heteroatoms. The molecule has 0 aromatic carbocycles. The van der Waals surface area contributed by atoms with Crippen LogP contribution in [0.4, 0.5) is 0 Å². The Kier molecular flexibility index (Phi) is 4.55. The van der Waals surface area contributed by atoms with Gasteiger partial charge in [0.05, 0.1) is 12.1 Å². The third-order valence-electron chi connectivity index (χ3n) is 3.05. The molecule has 1 N–H and O–H groups in total. The number of aromatic nitrogens is 2. The largest absolute Gasteiger partial charge is 0.349 e. The van der Waals surface area contributed by atoms with Crippen molar-refractivity contribution in [2.45, 2.75) is 33.4 Å². The molecule has 0 saturated heterocycles. The Labute approximate surface area is 113 Å². The molecule has 0 bridgehead atoms. The number of rotatable bonds is 6. The van der Waals surface area contributed by atoms with Gasteiger partial charge in [0.2, 0.25) is 0 Å². The number of hydrogen-bond donors (Lipinski definition) is 1. The number of nitrogens with one attached hydrogen (secondary N) is 1. The Hall–Kier alpha value is -1.13. The first-order valence-electron chi connectivity index (χ1n) is 6.47. The predicted octanol–water partition coefficient (Wildman–Crippen LogP) is 3.30. The average molecular weight is 263 g/mol. The third-order valence-corrected chi connectivity index (χ3v) is 3.81. The summed E-state index contributed by atoms with van der Waals surface area (Å²) in [6, 6.07) is 2.66. The average Bonchev–Trinajstić information content (AvgIpc) is 2.97. The van der Waals surface area contributed by atoms with Crippen molar-refractivity contribution < 1.29 is 0 Å². The molecule has 0 spiro atoms. The lowest BCUT2D eigenvalue weighted by atomic mass is 9.98. The fraction of sp³-hybridized carbons (Fsp3) is 0.500. The van der Waals surface area contributed by atoms with Crippen LogP contribution in [0.3, 0.4) is 0 Å². The molecule has 18 heavy (non-hydrogen) atoms. The summed E-state index contributed by atoms with van der Waals surface area (Å²) >= 11 is 1.70. The van der Waals surface area contributed by atoms with Gasteiger partial charge in [-0.05, 0) is 24.1 Å². The maximum atomic E-state index is 4.11. The molecule has 0 saturated carbocycles. The SMILES string of the molecule is CCNC(c1ccn(Cc2cncs2)c1)C(C)C. The molecule has 0 aliphatic heterocycles. The summed E-state index contributed by atoms with van der Waals surface area (Å²) in [5.41, 5.74) is 3.26. The zero-order valence-corrected chi connectivity index (χ0v) is 12.1. The van der Waals surface area contributed by atoms with Gasteiger partial charge in [0.15, 0.2) is 0 Å². The number of thiazole rings is 1. The van der Waals surface area contributed by atoms with E-state index in [2.05, 4.69) is 54.1 Å². The predicted molar refractivity (Wildman–Crippen MR) is 76.9 cm³/mol. The van der Waals surface area contributed by atoms with E-state index in [1.165, 1.54) is 10.4 Å². The highest BCUT2D eigenvalue weighted by Gasteiger charge is 2.15. The van der Waals surface area contributed by atoms with E-state index in [9.17, 15) is 0 Å². The Bertz CT molecular complexity index is 459. The molecule has 2 rings (SSSR count). The second kappa shape index (κ2) is 6.16.